The molecule has 0 aromatic carbocycles. The Balaban J connectivity index is 2.94. The number of aryl methyl sites for hydroxylation is 2. The van der Waals surface area contributed by atoms with Crippen molar-refractivity contribution in [3.8, 4) is 0 Å². The molecule has 0 radical (unpaired) electrons. The molecule has 0 saturated heterocycles. The maximum Gasteiger partial charge on any atom is 0.316 e. The largest absolute Gasteiger partial charge is 0.465 e. The summed E-state index contributed by atoms with van der Waals surface area (Å²) in [6.45, 7) is 6.14. The molecule has 1 unspecified atom stereocenters. The van der Waals surface area contributed by atoms with Crippen molar-refractivity contribution in [2.75, 3.05) is 6.61 Å². The van der Waals surface area contributed by atoms with Gasteiger partial charge >= 0.3 is 5.97 Å². The molecule has 1 aromatic rings. The number of aromatic nitrogens is 3. The zero-order valence-corrected chi connectivity index (χ0v) is 10.4. The van der Waals surface area contributed by atoms with E-state index in [2.05, 4.69) is 10.1 Å². The van der Waals surface area contributed by atoms with Gasteiger partial charge in [0.1, 0.15) is 11.7 Å². The Kier molecular flexibility index (Phi) is 4.46. The van der Waals surface area contributed by atoms with Crippen LogP contribution in [0.5, 0.6) is 0 Å². The molecule has 5 heteroatoms. The molecular formula is C11H19N3O2. The van der Waals surface area contributed by atoms with Gasteiger partial charge in [-0.3, -0.25) is 9.48 Å². The Morgan fingerprint density at radius 3 is 2.56 bits per heavy atom. The quantitative estimate of drug-likeness (QED) is 0.711. The second-order valence-electron chi connectivity index (χ2n) is 3.58. The van der Waals surface area contributed by atoms with E-state index in [4.69, 9.17) is 4.74 Å². The molecule has 0 saturated carbocycles. The molecule has 0 amide bonds. The van der Waals surface area contributed by atoms with Crippen molar-refractivity contribution in [2.45, 2.75) is 39.5 Å². The van der Waals surface area contributed by atoms with Gasteiger partial charge in [-0.05, 0) is 13.3 Å². The summed E-state index contributed by atoms with van der Waals surface area (Å²) in [5.41, 5.74) is 0. The third kappa shape index (κ3) is 2.59. The van der Waals surface area contributed by atoms with Crippen molar-refractivity contribution in [3.05, 3.63) is 11.6 Å². The van der Waals surface area contributed by atoms with E-state index < -0.39 is 0 Å². The van der Waals surface area contributed by atoms with Crippen LogP contribution in [0.15, 0.2) is 0 Å². The van der Waals surface area contributed by atoms with Gasteiger partial charge in [-0.2, -0.15) is 5.10 Å². The van der Waals surface area contributed by atoms with E-state index in [1.165, 1.54) is 0 Å². The number of hydrogen-bond acceptors (Lipinski definition) is 4. The van der Waals surface area contributed by atoms with E-state index in [1.54, 1.807) is 11.6 Å². The van der Waals surface area contributed by atoms with Gasteiger partial charge in [-0.15, -0.1) is 0 Å². The molecule has 1 rings (SSSR count). The van der Waals surface area contributed by atoms with E-state index in [0.717, 1.165) is 12.2 Å². The van der Waals surface area contributed by atoms with E-state index in [9.17, 15) is 4.79 Å². The first-order valence-electron chi connectivity index (χ1n) is 5.70. The summed E-state index contributed by atoms with van der Waals surface area (Å²) >= 11 is 0. The van der Waals surface area contributed by atoms with Gasteiger partial charge in [0.25, 0.3) is 0 Å². The predicted octanol–water partition coefficient (Wildman–Crippen LogP) is 1.43. The molecule has 5 nitrogen and oxygen atoms in total. The van der Waals surface area contributed by atoms with Gasteiger partial charge in [-0.1, -0.05) is 13.8 Å². The summed E-state index contributed by atoms with van der Waals surface area (Å²) < 4.78 is 6.70. The van der Waals surface area contributed by atoms with Crippen LogP contribution in [0, 0.1) is 0 Å². The fourth-order valence-corrected chi connectivity index (χ4v) is 1.60. The summed E-state index contributed by atoms with van der Waals surface area (Å²) in [4.78, 5) is 16.1. The highest BCUT2D eigenvalue weighted by Crippen LogP contribution is 2.19. The van der Waals surface area contributed by atoms with Crippen molar-refractivity contribution in [2.24, 2.45) is 7.05 Å². The van der Waals surface area contributed by atoms with E-state index >= 15 is 0 Å². The Labute approximate surface area is 95.8 Å². The van der Waals surface area contributed by atoms with Crippen molar-refractivity contribution >= 4 is 5.97 Å². The van der Waals surface area contributed by atoms with Gasteiger partial charge in [0.2, 0.25) is 0 Å². The van der Waals surface area contributed by atoms with Crippen LogP contribution in [-0.4, -0.2) is 27.3 Å². The minimum absolute atomic E-state index is 0.219. The number of carbonyl (C=O) groups is 1. The molecule has 1 atom stereocenters. The summed E-state index contributed by atoms with van der Waals surface area (Å²) in [7, 11) is 1.81. The zero-order valence-electron chi connectivity index (χ0n) is 10.4. The molecule has 0 aliphatic heterocycles. The smallest absolute Gasteiger partial charge is 0.316 e. The maximum atomic E-state index is 11.7. The Morgan fingerprint density at radius 2 is 2.12 bits per heavy atom. The number of rotatable bonds is 5. The first kappa shape index (κ1) is 12.7. The lowest BCUT2D eigenvalue weighted by Gasteiger charge is -2.11. The summed E-state index contributed by atoms with van der Waals surface area (Å²) in [5, 5.41) is 4.24. The Hall–Kier alpha value is -1.39. The molecule has 16 heavy (non-hydrogen) atoms. The third-order valence-corrected chi connectivity index (χ3v) is 2.45. The lowest BCUT2D eigenvalue weighted by Crippen LogP contribution is -2.19. The van der Waals surface area contributed by atoms with Crippen molar-refractivity contribution in [1.82, 2.24) is 14.8 Å². The van der Waals surface area contributed by atoms with Crippen LogP contribution >= 0.6 is 0 Å². The van der Waals surface area contributed by atoms with Crippen molar-refractivity contribution in [3.63, 3.8) is 0 Å². The van der Waals surface area contributed by atoms with Crippen LogP contribution in [0.2, 0.25) is 0 Å². The van der Waals surface area contributed by atoms with Crippen LogP contribution in [0.3, 0.4) is 0 Å². The monoisotopic (exact) mass is 225 g/mol. The second-order valence-corrected chi connectivity index (χ2v) is 3.58. The van der Waals surface area contributed by atoms with Crippen LogP contribution in [0.4, 0.5) is 0 Å². The maximum absolute atomic E-state index is 11.7. The van der Waals surface area contributed by atoms with Crippen LogP contribution in [-0.2, 0) is 23.0 Å². The number of ether oxygens (including phenoxy) is 1. The summed E-state index contributed by atoms with van der Waals surface area (Å²) in [5.74, 6) is 0.930. The highest BCUT2D eigenvalue weighted by atomic mass is 16.5. The zero-order chi connectivity index (χ0) is 12.1. The molecule has 0 spiro atoms. The summed E-state index contributed by atoms with van der Waals surface area (Å²) in [6.07, 6.45) is 1.45. The number of nitrogens with zero attached hydrogens (tertiary/aromatic N) is 3. The molecule has 0 fully saturated rings. The molecule has 1 aromatic heterocycles. The lowest BCUT2D eigenvalue weighted by atomic mass is 10.1. The SMILES string of the molecule is CCOC(=O)C(CC)c1nc(CC)nn1C. The fraction of sp³-hybridized carbons (Fsp3) is 0.727. The average molecular weight is 225 g/mol. The number of hydrogen-bond donors (Lipinski definition) is 0. The first-order valence-corrected chi connectivity index (χ1v) is 5.70. The molecule has 0 N–H and O–H groups in total. The van der Waals surface area contributed by atoms with E-state index in [0.29, 0.717) is 18.9 Å². The molecule has 0 bridgehead atoms. The normalized spacial score (nSPS) is 12.5. The minimum Gasteiger partial charge on any atom is -0.465 e. The molecule has 90 valence electrons. The number of carbonyl (C=O) groups excluding carboxylic acids is 1. The van der Waals surface area contributed by atoms with Gasteiger partial charge in [-0.25, -0.2) is 4.98 Å². The van der Waals surface area contributed by atoms with Gasteiger partial charge in [0.05, 0.1) is 6.61 Å². The van der Waals surface area contributed by atoms with Crippen molar-refractivity contribution < 1.29 is 9.53 Å². The van der Waals surface area contributed by atoms with E-state index in [1.807, 2.05) is 20.9 Å². The van der Waals surface area contributed by atoms with Gasteiger partial charge in [0.15, 0.2) is 5.82 Å². The van der Waals surface area contributed by atoms with Crippen LogP contribution in [0.25, 0.3) is 0 Å². The molecule has 0 aliphatic rings. The molecule has 1 heterocycles. The highest BCUT2D eigenvalue weighted by molar-refractivity contribution is 5.76. The summed E-state index contributed by atoms with van der Waals surface area (Å²) in [6, 6.07) is 0. The Bertz CT molecular complexity index is 360. The van der Waals surface area contributed by atoms with Crippen LogP contribution in [0.1, 0.15) is 44.8 Å². The first-order chi connectivity index (χ1) is 7.63. The van der Waals surface area contributed by atoms with Gasteiger partial charge < -0.3 is 4.74 Å². The third-order valence-electron chi connectivity index (χ3n) is 2.45. The highest BCUT2D eigenvalue weighted by Gasteiger charge is 2.25. The number of esters is 1. The molecule has 0 aliphatic carbocycles. The second kappa shape index (κ2) is 5.63. The van der Waals surface area contributed by atoms with Gasteiger partial charge in [0, 0.05) is 13.5 Å². The van der Waals surface area contributed by atoms with E-state index in [-0.39, 0.29) is 11.9 Å². The fourth-order valence-electron chi connectivity index (χ4n) is 1.60. The molecular weight excluding hydrogens is 206 g/mol. The van der Waals surface area contributed by atoms with Crippen LogP contribution < -0.4 is 0 Å². The van der Waals surface area contributed by atoms with Crippen molar-refractivity contribution in [1.29, 1.82) is 0 Å². The standard InChI is InChI=1S/C11H19N3O2/c1-5-8(11(15)16-7-3)10-12-9(6-2)13-14(10)4/h8H,5-7H2,1-4H3. The predicted molar refractivity (Wildman–Crippen MR) is 60.0 cm³/mol. The Morgan fingerprint density at radius 1 is 1.44 bits per heavy atom. The minimum atomic E-state index is -0.308. The topological polar surface area (TPSA) is 57.0 Å². The lowest BCUT2D eigenvalue weighted by molar-refractivity contribution is -0.145. The average Bonchev–Trinajstić information content (AvgIpc) is 2.62.